The number of benzene rings is 2. The molecule has 19 heavy (non-hydrogen) atoms. The van der Waals surface area contributed by atoms with E-state index >= 15 is 0 Å². The number of hydrogen-bond acceptors (Lipinski definition) is 3. The van der Waals surface area contributed by atoms with Crippen LogP contribution in [0.2, 0.25) is 0 Å². The molecule has 0 spiro atoms. The lowest BCUT2D eigenvalue weighted by Crippen LogP contribution is -2.13. The molecule has 2 aliphatic heterocycles. The van der Waals surface area contributed by atoms with Gasteiger partial charge in [-0.15, -0.1) is 0 Å². The number of fused-ring (bicyclic) bond motifs is 2. The van der Waals surface area contributed by atoms with Gasteiger partial charge in [0.15, 0.2) is 0 Å². The van der Waals surface area contributed by atoms with Crippen molar-refractivity contribution in [2.45, 2.75) is 6.17 Å². The molecule has 94 valence electrons. The molecular formula is C16H15N3. The molecule has 0 unspecified atom stereocenters. The van der Waals surface area contributed by atoms with Gasteiger partial charge in [-0.3, -0.25) is 0 Å². The highest BCUT2D eigenvalue weighted by Gasteiger charge is 2.20. The molecule has 2 heterocycles. The minimum Gasteiger partial charge on any atom is -0.381 e. The average Bonchev–Trinajstić information content (AvgIpc) is 2.90. The first-order chi connectivity index (χ1) is 9.40. The molecule has 0 aliphatic carbocycles. The summed E-state index contributed by atoms with van der Waals surface area (Å²) in [6.07, 6.45) is 4.48. The molecule has 0 amide bonds. The fourth-order valence-corrected chi connectivity index (χ4v) is 2.66. The zero-order chi connectivity index (χ0) is 12.7. The Bertz CT molecular complexity index is 636. The van der Waals surface area contributed by atoms with Crippen LogP contribution >= 0.6 is 0 Å². The summed E-state index contributed by atoms with van der Waals surface area (Å²) in [5.74, 6) is 0. The molecule has 2 aromatic rings. The highest BCUT2D eigenvalue weighted by atomic mass is 15.2. The van der Waals surface area contributed by atoms with Crippen molar-refractivity contribution in [3.8, 4) is 0 Å². The third-order valence-corrected chi connectivity index (χ3v) is 3.64. The van der Waals surface area contributed by atoms with E-state index in [9.17, 15) is 0 Å². The first kappa shape index (κ1) is 10.5. The lowest BCUT2D eigenvalue weighted by atomic mass is 10.0. The fraction of sp³-hybridized carbons (Fsp3) is 0.125. The Kier molecular flexibility index (Phi) is 2.24. The standard InChI is InChI=1S/C16H15N3/c1-2-6-15-14(5-1)18-16(19-15)12-7-8-13-11(10-12)4-3-9-17-13/h1-8,10,16-19H,9H2. The lowest BCUT2D eigenvalue weighted by Gasteiger charge is -2.18. The first-order valence-corrected chi connectivity index (χ1v) is 6.57. The summed E-state index contributed by atoms with van der Waals surface area (Å²) in [6.45, 7) is 0.914. The van der Waals surface area contributed by atoms with Crippen molar-refractivity contribution < 1.29 is 0 Å². The highest BCUT2D eigenvalue weighted by Crippen LogP contribution is 2.36. The van der Waals surface area contributed by atoms with Crippen molar-refractivity contribution in [2.75, 3.05) is 22.5 Å². The van der Waals surface area contributed by atoms with Crippen LogP contribution in [-0.4, -0.2) is 6.54 Å². The van der Waals surface area contributed by atoms with Gasteiger partial charge in [-0.2, -0.15) is 0 Å². The van der Waals surface area contributed by atoms with Crippen LogP contribution < -0.4 is 16.0 Å². The molecule has 3 N–H and O–H groups in total. The number of para-hydroxylation sites is 2. The Morgan fingerprint density at radius 2 is 1.68 bits per heavy atom. The summed E-state index contributed by atoms with van der Waals surface area (Å²) in [6, 6.07) is 14.9. The summed E-state index contributed by atoms with van der Waals surface area (Å²) < 4.78 is 0. The van der Waals surface area contributed by atoms with E-state index in [4.69, 9.17) is 0 Å². The molecule has 2 aromatic carbocycles. The monoisotopic (exact) mass is 249 g/mol. The molecule has 0 saturated heterocycles. The van der Waals surface area contributed by atoms with Crippen molar-refractivity contribution in [3.63, 3.8) is 0 Å². The van der Waals surface area contributed by atoms with E-state index in [1.165, 1.54) is 28.2 Å². The topological polar surface area (TPSA) is 36.1 Å². The van der Waals surface area contributed by atoms with Crippen LogP contribution in [0.1, 0.15) is 17.3 Å². The number of anilines is 3. The summed E-state index contributed by atoms with van der Waals surface area (Å²) >= 11 is 0. The van der Waals surface area contributed by atoms with Crippen molar-refractivity contribution in [2.24, 2.45) is 0 Å². The van der Waals surface area contributed by atoms with Gasteiger partial charge in [0, 0.05) is 12.2 Å². The smallest absolute Gasteiger partial charge is 0.123 e. The average molecular weight is 249 g/mol. The van der Waals surface area contributed by atoms with Crippen molar-refractivity contribution >= 4 is 23.1 Å². The molecule has 0 bridgehead atoms. The molecular weight excluding hydrogens is 234 g/mol. The van der Waals surface area contributed by atoms with Gasteiger partial charge in [-0.05, 0) is 35.4 Å². The summed E-state index contributed by atoms with van der Waals surface area (Å²) in [5.41, 5.74) is 6.05. The molecule has 0 aromatic heterocycles. The van der Waals surface area contributed by atoms with Crippen LogP contribution in [0.25, 0.3) is 6.08 Å². The second-order valence-corrected chi connectivity index (χ2v) is 4.90. The van der Waals surface area contributed by atoms with E-state index in [0.717, 1.165) is 6.54 Å². The minimum atomic E-state index is 0.151. The molecule has 4 rings (SSSR count). The van der Waals surface area contributed by atoms with Crippen LogP contribution in [0, 0.1) is 0 Å². The quantitative estimate of drug-likeness (QED) is 0.721. The van der Waals surface area contributed by atoms with Crippen molar-refractivity contribution in [1.82, 2.24) is 0 Å². The fourth-order valence-electron chi connectivity index (χ4n) is 2.66. The van der Waals surface area contributed by atoms with E-state index < -0.39 is 0 Å². The van der Waals surface area contributed by atoms with Gasteiger partial charge in [-0.1, -0.05) is 30.4 Å². The van der Waals surface area contributed by atoms with Crippen LogP contribution in [0.15, 0.2) is 48.5 Å². The Morgan fingerprint density at radius 3 is 2.47 bits per heavy atom. The van der Waals surface area contributed by atoms with Crippen molar-refractivity contribution in [3.05, 3.63) is 59.7 Å². The Morgan fingerprint density at radius 1 is 0.895 bits per heavy atom. The van der Waals surface area contributed by atoms with E-state index in [0.29, 0.717) is 0 Å². The number of hydrogen-bond donors (Lipinski definition) is 3. The van der Waals surface area contributed by atoms with E-state index in [1.54, 1.807) is 0 Å². The maximum Gasteiger partial charge on any atom is 0.123 e. The molecule has 0 fully saturated rings. The molecule has 0 atom stereocenters. The maximum absolute atomic E-state index is 3.50. The largest absolute Gasteiger partial charge is 0.381 e. The van der Waals surface area contributed by atoms with E-state index in [2.05, 4.69) is 70.6 Å². The van der Waals surface area contributed by atoms with Gasteiger partial charge in [0.05, 0.1) is 11.4 Å². The predicted molar refractivity (Wildman–Crippen MR) is 80.4 cm³/mol. The normalized spacial score (nSPS) is 16.0. The second-order valence-electron chi connectivity index (χ2n) is 4.90. The molecule has 0 saturated carbocycles. The highest BCUT2D eigenvalue weighted by molar-refractivity contribution is 5.76. The lowest BCUT2D eigenvalue weighted by molar-refractivity contribution is 0.940. The Labute approximate surface area is 112 Å². The minimum absolute atomic E-state index is 0.151. The van der Waals surface area contributed by atoms with Gasteiger partial charge in [0.25, 0.3) is 0 Å². The van der Waals surface area contributed by atoms with Crippen LogP contribution in [0.5, 0.6) is 0 Å². The van der Waals surface area contributed by atoms with Gasteiger partial charge in [-0.25, -0.2) is 0 Å². The number of rotatable bonds is 1. The maximum atomic E-state index is 3.50. The molecule has 3 nitrogen and oxygen atoms in total. The Balaban J connectivity index is 1.67. The molecule has 0 radical (unpaired) electrons. The summed E-state index contributed by atoms with van der Waals surface area (Å²) in [7, 11) is 0. The predicted octanol–water partition coefficient (Wildman–Crippen LogP) is 3.66. The third kappa shape index (κ3) is 1.74. The van der Waals surface area contributed by atoms with Crippen LogP contribution in [0.3, 0.4) is 0 Å². The van der Waals surface area contributed by atoms with Crippen LogP contribution in [-0.2, 0) is 0 Å². The van der Waals surface area contributed by atoms with Gasteiger partial charge in [0.1, 0.15) is 6.17 Å². The molecule has 3 heteroatoms. The van der Waals surface area contributed by atoms with Gasteiger partial charge in [0.2, 0.25) is 0 Å². The summed E-state index contributed by atoms with van der Waals surface area (Å²) in [5, 5.41) is 10.4. The van der Waals surface area contributed by atoms with Gasteiger partial charge < -0.3 is 16.0 Å². The third-order valence-electron chi connectivity index (χ3n) is 3.64. The second kappa shape index (κ2) is 4.05. The van der Waals surface area contributed by atoms with Crippen molar-refractivity contribution in [1.29, 1.82) is 0 Å². The number of nitrogens with one attached hydrogen (secondary N) is 3. The summed E-state index contributed by atoms with van der Waals surface area (Å²) in [4.78, 5) is 0. The molecule has 2 aliphatic rings. The SMILES string of the molecule is C1=Cc2cc(C3Nc4ccccc4N3)ccc2NC1. The zero-order valence-electron chi connectivity index (χ0n) is 10.5. The first-order valence-electron chi connectivity index (χ1n) is 6.57. The van der Waals surface area contributed by atoms with Crippen LogP contribution in [0.4, 0.5) is 17.1 Å². The van der Waals surface area contributed by atoms with E-state index in [-0.39, 0.29) is 6.17 Å². The zero-order valence-corrected chi connectivity index (χ0v) is 10.5. The van der Waals surface area contributed by atoms with Gasteiger partial charge >= 0.3 is 0 Å². The van der Waals surface area contributed by atoms with E-state index in [1.807, 2.05) is 0 Å². The Hall–Kier alpha value is -2.42.